The van der Waals surface area contributed by atoms with E-state index in [1.54, 1.807) is 0 Å². The fourth-order valence-corrected chi connectivity index (χ4v) is 1.70. The molecule has 1 saturated heterocycles. The summed E-state index contributed by atoms with van der Waals surface area (Å²) in [6.07, 6.45) is 4.10. The molecule has 0 aromatic carbocycles. The van der Waals surface area contributed by atoms with E-state index in [4.69, 9.17) is 4.74 Å². The van der Waals surface area contributed by atoms with E-state index in [0.717, 1.165) is 32.6 Å². The van der Waals surface area contributed by atoms with Gasteiger partial charge in [-0.3, -0.25) is 5.10 Å². The Morgan fingerprint density at radius 2 is 2.36 bits per heavy atom. The minimum atomic E-state index is 0.603. The van der Waals surface area contributed by atoms with E-state index in [1.165, 1.54) is 11.3 Å². The molecule has 0 unspecified atom stereocenters. The summed E-state index contributed by atoms with van der Waals surface area (Å²) in [5, 5.41) is 10.5. The van der Waals surface area contributed by atoms with Gasteiger partial charge in [0, 0.05) is 25.8 Å². The first-order valence-corrected chi connectivity index (χ1v) is 5.16. The van der Waals surface area contributed by atoms with Gasteiger partial charge in [0.15, 0.2) is 0 Å². The largest absolute Gasteiger partial charge is 0.381 e. The van der Waals surface area contributed by atoms with Crippen LogP contribution in [0.4, 0.5) is 0 Å². The number of aromatic nitrogens is 2. The molecule has 0 spiro atoms. The molecule has 14 heavy (non-hydrogen) atoms. The van der Waals surface area contributed by atoms with Crippen molar-refractivity contribution in [3.05, 3.63) is 17.5 Å². The van der Waals surface area contributed by atoms with Gasteiger partial charge in [0.1, 0.15) is 0 Å². The van der Waals surface area contributed by atoms with Gasteiger partial charge in [-0.1, -0.05) is 0 Å². The smallest absolute Gasteiger partial charge is 0.0519 e. The second-order valence-corrected chi connectivity index (χ2v) is 3.80. The summed E-state index contributed by atoms with van der Waals surface area (Å²) in [6, 6.07) is 0.603. The third-order valence-electron chi connectivity index (χ3n) is 2.72. The lowest BCUT2D eigenvalue weighted by molar-refractivity contribution is 0.0775. The molecular weight excluding hydrogens is 178 g/mol. The summed E-state index contributed by atoms with van der Waals surface area (Å²) in [7, 11) is 0. The number of aromatic amines is 1. The number of rotatable bonds is 3. The summed E-state index contributed by atoms with van der Waals surface area (Å²) < 4.78 is 5.30. The topological polar surface area (TPSA) is 49.9 Å². The lowest BCUT2D eigenvalue weighted by Gasteiger charge is -2.22. The first-order valence-electron chi connectivity index (χ1n) is 5.16. The van der Waals surface area contributed by atoms with E-state index in [2.05, 4.69) is 22.4 Å². The molecular formula is C10H17N3O. The molecule has 0 bridgehead atoms. The van der Waals surface area contributed by atoms with E-state index in [1.807, 2.05) is 6.20 Å². The van der Waals surface area contributed by atoms with Crippen LogP contribution in [-0.2, 0) is 11.3 Å². The van der Waals surface area contributed by atoms with Gasteiger partial charge in [-0.05, 0) is 25.3 Å². The molecule has 1 aliphatic rings. The van der Waals surface area contributed by atoms with E-state index in [-0.39, 0.29) is 0 Å². The van der Waals surface area contributed by atoms with Crippen LogP contribution in [0.5, 0.6) is 0 Å². The normalized spacial score (nSPS) is 18.6. The van der Waals surface area contributed by atoms with Gasteiger partial charge in [0.25, 0.3) is 0 Å². The van der Waals surface area contributed by atoms with Crippen molar-refractivity contribution in [3.63, 3.8) is 0 Å². The Hall–Kier alpha value is -0.870. The highest BCUT2D eigenvalue weighted by molar-refractivity contribution is 5.13. The predicted octanol–water partition coefficient (Wildman–Crippen LogP) is 0.987. The van der Waals surface area contributed by atoms with Crippen molar-refractivity contribution in [2.24, 2.45) is 0 Å². The van der Waals surface area contributed by atoms with E-state index in [9.17, 15) is 0 Å². The predicted molar refractivity (Wildman–Crippen MR) is 54.0 cm³/mol. The Morgan fingerprint density at radius 1 is 1.57 bits per heavy atom. The van der Waals surface area contributed by atoms with Crippen molar-refractivity contribution in [1.29, 1.82) is 0 Å². The minimum absolute atomic E-state index is 0.603. The molecule has 0 atom stereocenters. The van der Waals surface area contributed by atoms with Crippen LogP contribution in [-0.4, -0.2) is 29.5 Å². The second kappa shape index (κ2) is 4.57. The SMILES string of the molecule is Cc1cn[nH]c1CNC1CCOCC1. The summed E-state index contributed by atoms with van der Waals surface area (Å²) in [6.45, 7) is 4.74. The van der Waals surface area contributed by atoms with Crippen LogP contribution in [0.2, 0.25) is 0 Å². The lowest BCUT2D eigenvalue weighted by Crippen LogP contribution is -2.34. The molecule has 0 amide bonds. The average molecular weight is 195 g/mol. The van der Waals surface area contributed by atoms with Gasteiger partial charge >= 0.3 is 0 Å². The monoisotopic (exact) mass is 195 g/mol. The second-order valence-electron chi connectivity index (χ2n) is 3.80. The van der Waals surface area contributed by atoms with Crippen LogP contribution in [0.1, 0.15) is 24.1 Å². The molecule has 0 aliphatic carbocycles. The quantitative estimate of drug-likeness (QED) is 0.756. The zero-order valence-electron chi connectivity index (χ0n) is 8.55. The standard InChI is InChI=1S/C10H17N3O/c1-8-6-12-13-10(8)7-11-9-2-4-14-5-3-9/h6,9,11H,2-5,7H2,1H3,(H,12,13). The first kappa shape index (κ1) is 9.68. The van der Waals surface area contributed by atoms with Gasteiger partial charge in [-0.25, -0.2) is 0 Å². The number of hydrogen-bond acceptors (Lipinski definition) is 3. The zero-order chi connectivity index (χ0) is 9.80. The van der Waals surface area contributed by atoms with Crippen LogP contribution >= 0.6 is 0 Å². The molecule has 1 aromatic heterocycles. The van der Waals surface area contributed by atoms with Crippen molar-refractivity contribution in [2.75, 3.05) is 13.2 Å². The summed E-state index contributed by atoms with van der Waals surface area (Å²) in [5.41, 5.74) is 2.42. The summed E-state index contributed by atoms with van der Waals surface area (Å²) in [4.78, 5) is 0. The third kappa shape index (κ3) is 2.33. The maximum Gasteiger partial charge on any atom is 0.0519 e. The zero-order valence-corrected chi connectivity index (χ0v) is 8.55. The van der Waals surface area contributed by atoms with Crippen LogP contribution in [0, 0.1) is 6.92 Å². The third-order valence-corrected chi connectivity index (χ3v) is 2.72. The Bertz CT molecular complexity index is 279. The van der Waals surface area contributed by atoms with Crippen molar-refractivity contribution in [2.45, 2.75) is 32.4 Å². The number of nitrogens with one attached hydrogen (secondary N) is 2. The van der Waals surface area contributed by atoms with Gasteiger partial charge in [-0.2, -0.15) is 5.10 Å². The Kier molecular flexibility index (Phi) is 3.16. The highest BCUT2D eigenvalue weighted by atomic mass is 16.5. The van der Waals surface area contributed by atoms with Crippen LogP contribution in [0.25, 0.3) is 0 Å². The van der Waals surface area contributed by atoms with Crippen molar-refractivity contribution in [3.8, 4) is 0 Å². The Balaban J connectivity index is 1.79. The van der Waals surface area contributed by atoms with Gasteiger partial charge in [0.2, 0.25) is 0 Å². The van der Waals surface area contributed by atoms with Gasteiger partial charge in [0.05, 0.1) is 11.9 Å². The molecule has 4 heteroatoms. The maximum atomic E-state index is 5.30. The summed E-state index contributed by atoms with van der Waals surface area (Å²) >= 11 is 0. The molecule has 2 rings (SSSR count). The van der Waals surface area contributed by atoms with Crippen molar-refractivity contribution in [1.82, 2.24) is 15.5 Å². The molecule has 0 saturated carbocycles. The highest BCUT2D eigenvalue weighted by Gasteiger charge is 2.13. The van der Waals surface area contributed by atoms with Gasteiger partial charge < -0.3 is 10.1 Å². The van der Waals surface area contributed by atoms with Crippen molar-refractivity contribution < 1.29 is 4.74 Å². The fraction of sp³-hybridized carbons (Fsp3) is 0.700. The summed E-state index contributed by atoms with van der Waals surface area (Å²) in [5.74, 6) is 0. The Labute approximate surface area is 84.0 Å². The molecule has 2 N–H and O–H groups in total. The highest BCUT2D eigenvalue weighted by Crippen LogP contribution is 2.08. The number of hydrogen-bond donors (Lipinski definition) is 2. The molecule has 1 fully saturated rings. The van der Waals surface area contributed by atoms with Crippen LogP contribution < -0.4 is 5.32 Å². The first-order chi connectivity index (χ1) is 6.86. The van der Waals surface area contributed by atoms with Crippen LogP contribution in [0.3, 0.4) is 0 Å². The number of aryl methyl sites for hydroxylation is 1. The minimum Gasteiger partial charge on any atom is -0.381 e. The van der Waals surface area contributed by atoms with Crippen molar-refractivity contribution >= 4 is 0 Å². The maximum absolute atomic E-state index is 5.30. The molecule has 78 valence electrons. The van der Waals surface area contributed by atoms with E-state index >= 15 is 0 Å². The Morgan fingerprint density at radius 3 is 3.00 bits per heavy atom. The number of H-pyrrole nitrogens is 1. The van der Waals surface area contributed by atoms with Gasteiger partial charge in [-0.15, -0.1) is 0 Å². The fourth-order valence-electron chi connectivity index (χ4n) is 1.70. The van der Waals surface area contributed by atoms with E-state index in [0.29, 0.717) is 6.04 Å². The molecule has 1 aliphatic heterocycles. The molecule has 2 heterocycles. The molecule has 1 aromatic rings. The lowest BCUT2D eigenvalue weighted by atomic mass is 10.1. The average Bonchev–Trinajstić information content (AvgIpc) is 2.63. The number of nitrogens with zero attached hydrogens (tertiary/aromatic N) is 1. The molecule has 0 radical (unpaired) electrons. The number of ether oxygens (including phenoxy) is 1. The molecule has 4 nitrogen and oxygen atoms in total. The van der Waals surface area contributed by atoms with E-state index < -0.39 is 0 Å². The van der Waals surface area contributed by atoms with Crippen LogP contribution in [0.15, 0.2) is 6.20 Å².